The van der Waals surface area contributed by atoms with Crippen molar-refractivity contribution >= 4 is 22.4 Å². The van der Waals surface area contributed by atoms with Crippen LogP contribution in [0, 0.1) is 5.92 Å². The van der Waals surface area contributed by atoms with Gasteiger partial charge in [0.15, 0.2) is 0 Å². The quantitative estimate of drug-likeness (QED) is 0.718. The molecule has 4 N–H and O–H groups in total. The second kappa shape index (κ2) is 4.46. The second-order valence-electron chi connectivity index (χ2n) is 4.93. The first-order valence-electron chi connectivity index (χ1n) is 6.30. The number of aliphatic hydroxyl groups is 1. The Morgan fingerprint density at radius 2 is 2.17 bits per heavy atom. The summed E-state index contributed by atoms with van der Waals surface area (Å²) in [6.07, 6.45) is 2.04. The molecule has 1 aliphatic carbocycles. The lowest BCUT2D eigenvalue weighted by atomic mass is 10.2. The van der Waals surface area contributed by atoms with Gasteiger partial charge in [0.05, 0.1) is 11.6 Å². The molecule has 1 saturated carbocycles. The molecule has 2 aromatic rings. The van der Waals surface area contributed by atoms with E-state index in [9.17, 15) is 5.11 Å². The maximum absolute atomic E-state index is 9.79. The lowest BCUT2D eigenvalue weighted by molar-refractivity contribution is 0.164. The monoisotopic (exact) mass is 243 g/mol. The summed E-state index contributed by atoms with van der Waals surface area (Å²) in [5.41, 5.74) is 7.38. The number of nitrogens with zero attached hydrogens (tertiary/aromatic N) is 1. The Hall–Kier alpha value is -1.81. The zero-order chi connectivity index (χ0) is 12.5. The van der Waals surface area contributed by atoms with Crippen LogP contribution >= 0.6 is 0 Å². The van der Waals surface area contributed by atoms with Gasteiger partial charge in [0.2, 0.25) is 0 Å². The van der Waals surface area contributed by atoms with E-state index in [-0.39, 0.29) is 6.10 Å². The van der Waals surface area contributed by atoms with Crippen LogP contribution in [0.3, 0.4) is 0 Å². The van der Waals surface area contributed by atoms with E-state index in [1.165, 1.54) is 0 Å². The van der Waals surface area contributed by atoms with Crippen molar-refractivity contribution in [1.82, 2.24) is 4.98 Å². The lowest BCUT2D eigenvalue weighted by Crippen LogP contribution is -2.21. The topological polar surface area (TPSA) is 71.2 Å². The molecule has 1 aliphatic rings. The number of fused-ring (bicyclic) bond motifs is 1. The molecule has 94 valence electrons. The molecule has 1 unspecified atom stereocenters. The molecule has 0 spiro atoms. The van der Waals surface area contributed by atoms with Crippen molar-refractivity contribution in [1.29, 1.82) is 0 Å². The minimum atomic E-state index is -0.256. The van der Waals surface area contributed by atoms with Gasteiger partial charge >= 0.3 is 0 Å². The van der Waals surface area contributed by atoms with Crippen LogP contribution in [0.15, 0.2) is 30.3 Å². The van der Waals surface area contributed by atoms with Gasteiger partial charge in [-0.25, -0.2) is 4.98 Å². The molecule has 1 heterocycles. The Labute approximate surface area is 106 Å². The number of nitrogens with two attached hydrogens (primary N) is 1. The van der Waals surface area contributed by atoms with Crippen molar-refractivity contribution in [3.63, 3.8) is 0 Å². The minimum absolute atomic E-state index is 0.256. The van der Waals surface area contributed by atoms with Gasteiger partial charge in [-0.2, -0.15) is 0 Å². The standard InChI is InChI=1S/C14H17N3O/c15-11-4-5-12-10(7-11)3-6-14(17-12)16-8-13(18)9-1-2-9/h3-7,9,13,18H,1-2,8,15H2,(H,16,17). The van der Waals surface area contributed by atoms with Crippen molar-refractivity contribution in [2.24, 2.45) is 5.92 Å². The number of rotatable bonds is 4. The Morgan fingerprint density at radius 3 is 2.94 bits per heavy atom. The zero-order valence-corrected chi connectivity index (χ0v) is 10.1. The first kappa shape index (κ1) is 11.3. The minimum Gasteiger partial charge on any atom is -0.399 e. The van der Waals surface area contributed by atoms with E-state index < -0.39 is 0 Å². The van der Waals surface area contributed by atoms with Crippen LogP contribution in [0.4, 0.5) is 11.5 Å². The van der Waals surface area contributed by atoms with Crippen molar-refractivity contribution in [3.8, 4) is 0 Å². The molecular weight excluding hydrogens is 226 g/mol. The second-order valence-corrected chi connectivity index (χ2v) is 4.93. The number of aliphatic hydroxyl groups excluding tert-OH is 1. The summed E-state index contributed by atoms with van der Waals surface area (Å²) in [5.74, 6) is 1.28. The van der Waals surface area contributed by atoms with Gasteiger partial charge < -0.3 is 16.2 Å². The van der Waals surface area contributed by atoms with Gasteiger partial charge in [-0.1, -0.05) is 0 Å². The van der Waals surface area contributed by atoms with Gasteiger partial charge in [-0.15, -0.1) is 0 Å². The Balaban J connectivity index is 1.74. The highest BCUT2D eigenvalue weighted by Gasteiger charge is 2.29. The largest absolute Gasteiger partial charge is 0.399 e. The molecule has 1 fully saturated rings. The van der Waals surface area contributed by atoms with Crippen LogP contribution in [0.1, 0.15) is 12.8 Å². The number of hydrogen-bond donors (Lipinski definition) is 3. The van der Waals surface area contributed by atoms with Gasteiger partial charge in [0, 0.05) is 17.6 Å². The van der Waals surface area contributed by atoms with E-state index in [2.05, 4.69) is 10.3 Å². The summed E-state index contributed by atoms with van der Waals surface area (Å²) in [4.78, 5) is 4.49. The SMILES string of the molecule is Nc1ccc2nc(NCC(O)C3CC3)ccc2c1. The van der Waals surface area contributed by atoms with Crippen LogP contribution in [0.25, 0.3) is 10.9 Å². The number of nitrogen functional groups attached to an aromatic ring is 1. The predicted octanol–water partition coefficient (Wildman–Crippen LogP) is 2.00. The van der Waals surface area contributed by atoms with E-state index in [0.29, 0.717) is 12.5 Å². The average molecular weight is 243 g/mol. The Kier molecular flexibility index (Phi) is 2.80. The van der Waals surface area contributed by atoms with E-state index in [0.717, 1.165) is 35.2 Å². The predicted molar refractivity (Wildman–Crippen MR) is 73.4 cm³/mol. The maximum Gasteiger partial charge on any atom is 0.126 e. The first-order valence-corrected chi connectivity index (χ1v) is 6.30. The molecule has 1 aromatic carbocycles. The Bertz CT molecular complexity index is 566. The van der Waals surface area contributed by atoms with Crippen LogP contribution in [-0.2, 0) is 0 Å². The number of benzene rings is 1. The summed E-state index contributed by atoms with van der Waals surface area (Å²) in [6.45, 7) is 0.568. The van der Waals surface area contributed by atoms with Crippen LogP contribution in [-0.4, -0.2) is 22.7 Å². The summed E-state index contributed by atoms with van der Waals surface area (Å²) >= 11 is 0. The molecule has 4 heteroatoms. The first-order chi connectivity index (χ1) is 8.72. The van der Waals surface area contributed by atoms with Crippen LogP contribution < -0.4 is 11.1 Å². The van der Waals surface area contributed by atoms with Gasteiger partial charge in [0.1, 0.15) is 5.82 Å². The number of hydrogen-bond acceptors (Lipinski definition) is 4. The third-order valence-corrected chi connectivity index (χ3v) is 3.37. The zero-order valence-electron chi connectivity index (χ0n) is 10.1. The van der Waals surface area contributed by atoms with E-state index in [1.54, 1.807) is 0 Å². The number of aromatic nitrogens is 1. The molecule has 0 amide bonds. The molecule has 18 heavy (non-hydrogen) atoms. The molecule has 1 atom stereocenters. The highest BCUT2D eigenvalue weighted by molar-refractivity contribution is 5.83. The molecule has 1 aromatic heterocycles. The third kappa shape index (κ3) is 2.38. The van der Waals surface area contributed by atoms with Crippen molar-refractivity contribution in [2.45, 2.75) is 18.9 Å². The molecule has 0 radical (unpaired) electrons. The summed E-state index contributed by atoms with van der Waals surface area (Å²) in [7, 11) is 0. The van der Waals surface area contributed by atoms with Crippen LogP contribution in [0.5, 0.6) is 0 Å². The summed E-state index contributed by atoms with van der Waals surface area (Å²) < 4.78 is 0. The fourth-order valence-corrected chi connectivity index (χ4v) is 2.10. The molecule has 0 bridgehead atoms. The summed E-state index contributed by atoms with van der Waals surface area (Å²) in [6, 6.07) is 9.57. The Morgan fingerprint density at radius 1 is 1.33 bits per heavy atom. The van der Waals surface area contributed by atoms with Crippen molar-refractivity contribution in [3.05, 3.63) is 30.3 Å². The van der Waals surface area contributed by atoms with Crippen molar-refractivity contribution < 1.29 is 5.11 Å². The highest BCUT2D eigenvalue weighted by atomic mass is 16.3. The van der Waals surface area contributed by atoms with Crippen molar-refractivity contribution in [2.75, 3.05) is 17.6 Å². The molecule has 0 saturated heterocycles. The highest BCUT2D eigenvalue weighted by Crippen LogP contribution is 2.32. The molecule has 3 rings (SSSR count). The van der Waals surface area contributed by atoms with Gasteiger partial charge in [0.25, 0.3) is 0 Å². The van der Waals surface area contributed by atoms with E-state index >= 15 is 0 Å². The molecule has 0 aliphatic heterocycles. The van der Waals surface area contributed by atoms with Gasteiger partial charge in [-0.05, 0) is 49.1 Å². The number of anilines is 2. The molecule has 4 nitrogen and oxygen atoms in total. The average Bonchev–Trinajstić information content (AvgIpc) is 3.20. The third-order valence-electron chi connectivity index (χ3n) is 3.37. The van der Waals surface area contributed by atoms with E-state index in [1.807, 2.05) is 30.3 Å². The van der Waals surface area contributed by atoms with E-state index in [4.69, 9.17) is 5.73 Å². The number of pyridine rings is 1. The van der Waals surface area contributed by atoms with Gasteiger partial charge in [-0.3, -0.25) is 0 Å². The smallest absolute Gasteiger partial charge is 0.126 e. The summed E-state index contributed by atoms with van der Waals surface area (Å²) in [5, 5.41) is 14.0. The van der Waals surface area contributed by atoms with Crippen LogP contribution in [0.2, 0.25) is 0 Å². The molecular formula is C14H17N3O. The fraction of sp³-hybridized carbons (Fsp3) is 0.357. The lowest BCUT2D eigenvalue weighted by Gasteiger charge is -2.11. The normalized spacial score (nSPS) is 16.7. The maximum atomic E-state index is 9.79. The number of nitrogens with one attached hydrogen (secondary N) is 1. The fourth-order valence-electron chi connectivity index (χ4n) is 2.10.